The number of carbonyl (C=O) groups excluding carboxylic acids is 2. The largest absolute Gasteiger partial charge is 0.350 e. The third kappa shape index (κ3) is 5.91. The quantitative estimate of drug-likeness (QED) is 0.588. The van der Waals surface area contributed by atoms with Crippen LogP contribution in [0.15, 0.2) is 47.2 Å². The molecule has 1 fully saturated rings. The zero-order valence-corrected chi connectivity index (χ0v) is 17.0. The highest BCUT2D eigenvalue weighted by atomic mass is 79.9. The lowest BCUT2D eigenvalue weighted by molar-refractivity contribution is 0.0953. The topological polar surface area (TPSA) is 99.2 Å². The van der Waals surface area contributed by atoms with Crippen molar-refractivity contribution in [2.75, 3.05) is 31.1 Å². The highest BCUT2D eigenvalue weighted by Crippen LogP contribution is 2.15. The number of aromatic nitrogens is 2. The summed E-state index contributed by atoms with van der Waals surface area (Å²) in [6, 6.07) is 8.74. The molecule has 148 valence electrons. The Hall–Kier alpha value is -2.68. The monoisotopic (exact) mass is 446 g/mol. The Bertz CT molecular complexity index is 804. The zero-order valence-electron chi connectivity index (χ0n) is 15.4. The van der Waals surface area contributed by atoms with Crippen LogP contribution in [0.25, 0.3) is 0 Å². The lowest BCUT2D eigenvalue weighted by atomic mass is 10.1. The Balaban J connectivity index is 1.37. The maximum atomic E-state index is 12.1. The second-order valence-electron chi connectivity index (χ2n) is 6.50. The molecule has 3 N–H and O–H groups in total. The van der Waals surface area contributed by atoms with E-state index >= 15 is 0 Å². The first-order chi connectivity index (χ1) is 13.6. The van der Waals surface area contributed by atoms with E-state index in [0.717, 1.165) is 23.9 Å². The van der Waals surface area contributed by atoms with Gasteiger partial charge in [-0.3, -0.25) is 4.79 Å². The molecule has 9 heteroatoms. The summed E-state index contributed by atoms with van der Waals surface area (Å²) in [6.07, 6.45) is 5.31. The molecule has 1 aliphatic heterocycles. The van der Waals surface area contributed by atoms with E-state index in [9.17, 15) is 9.59 Å². The number of benzene rings is 1. The molecular weight excluding hydrogens is 424 g/mol. The van der Waals surface area contributed by atoms with Crippen molar-refractivity contribution in [2.45, 2.75) is 18.9 Å². The number of nitrogens with zero attached hydrogens (tertiary/aromatic N) is 3. The number of amides is 3. The first-order valence-electron chi connectivity index (χ1n) is 9.22. The van der Waals surface area contributed by atoms with E-state index in [1.54, 1.807) is 36.7 Å². The third-order valence-corrected chi connectivity index (χ3v) is 4.87. The normalized spacial score (nSPS) is 16.3. The smallest absolute Gasteiger partial charge is 0.315 e. The Morgan fingerprint density at radius 1 is 1.14 bits per heavy atom. The maximum absolute atomic E-state index is 12.1. The molecule has 0 aliphatic carbocycles. The predicted molar refractivity (Wildman–Crippen MR) is 110 cm³/mol. The van der Waals surface area contributed by atoms with Crippen molar-refractivity contribution in [2.24, 2.45) is 0 Å². The van der Waals surface area contributed by atoms with Crippen LogP contribution < -0.4 is 20.9 Å². The van der Waals surface area contributed by atoms with Gasteiger partial charge >= 0.3 is 6.03 Å². The van der Waals surface area contributed by atoms with Gasteiger partial charge in [-0.05, 0) is 37.1 Å². The van der Waals surface area contributed by atoms with Gasteiger partial charge in [0, 0.05) is 54.7 Å². The minimum Gasteiger partial charge on any atom is -0.350 e. The predicted octanol–water partition coefficient (Wildman–Crippen LogP) is 1.94. The van der Waals surface area contributed by atoms with Crippen molar-refractivity contribution in [3.05, 3.63) is 52.8 Å². The average Bonchev–Trinajstić information content (AvgIpc) is 2.72. The van der Waals surface area contributed by atoms with Gasteiger partial charge in [0.2, 0.25) is 5.95 Å². The van der Waals surface area contributed by atoms with Crippen molar-refractivity contribution in [1.82, 2.24) is 25.9 Å². The summed E-state index contributed by atoms with van der Waals surface area (Å²) in [5.74, 6) is 0.513. The van der Waals surface area contributed by atoms with Gasteiger partial charge in [-0.25, -0.2) is 14.8 Å². The first kappa shape index (κ1) is 20.1. The van der Waals surface area contributed by atoms with Crippen LogP contribution >= 0.6 is 15.9 Å². The fraction of sp³-hybridized carbons (Fsp3) is 0.368. The second-order valence-corrected chi connectivity index (χ2v) is 7.42. The Morgan fingerprint density at radius 3 is 2.71 bits per heavy atom. The molecule has 2 heterocycles. The first-order valence-corrected chi connectivity index (χ1v) is 10.0. The molecule has 0 bridgehead atoms. The summed E-state index contributed by atoms with van der Waals surface area (Å²) in [7, 11) is 0. The van der Waals surface area contributed by atoms with E-state index in [2.05, 4.69) is 46.7 Å². The van der Waals surface area contributed by atoms with E-state index in [1.807, 2.05) is 6.07 Å². The Labute approximate surface area is 172 Å². The van der Waals surface area contributed by atoms with E-state index < -0.39 is 0 Å². The summed E-state index contributed by atoms with van der Waals surface area (Å²) in [4.78, 5) is 34.8. The summed E-state index contributed by atoms with van der Waals surface area (Å²) in [5, 5.41) is 8.55. The highest BCUT2D eigenvalue weighted by molar-refractivity contribution is 9.10. The minimum atomic E-state index is -0.238. The molecule has 2 aromatic rings. The molecule has 1 atom stereocenters. The van der Waals surface area contributed by atoms with E-state index in [1.165, 1.54) is 0 Å². The van der Waals surface area contributed by atoms with Crippen LogP contribution in [0.1, 0.15) is 23.2 Å². The Kier molecular flexibility index (Phi) is 7.18. The molecule has 0 radical (unpaired) electrons. The van der Waals surface area contributed by atoms with Crippen LogP contribution in [0.5, 0.6) is 0 Å². The number of hydrogen-bond acceptors (Lipinski definition) is 5. The molecule has 1 unspecified atom stereocenters. The molecule has 3 rings (SSSR count). The summed E-state index contributed by atoms with van der Waals surface area (Å²) in [5.41, 5.74) is 0.573. The molecular formula is C19H23BrN6O2. The van der Waals surface area contributed by atoms with Crippen LogP contribution in [0.3, 0.4) is 0 Å². The number of halogens is 1. The van der Waals surface area contributed by atoms with E-state index in [-0.39, 0.29) is 18.0 Å². The van der Waals surface area contributed by atoms with Gasteiger partial charge in [0.15, 0.2) is 0 Å². The second kappa shape index (κ2) is 10.0. The van der Waals surface area contributed by atoms with Crippen molar-refractivity contribution < 1.29 is 9.59 Å². The lowest BCUT2D eigenvalue weighted by Gasteiger charge is -2.33. The number of rotatable bonds is 6. The fourth-order valence-electron chi connectivity index (χ4n) is 3.05. The van der Waals surface area contributed by atoms with Gasteiger partial charge in [-0.15, -0.1) is 0 Å². The van der Waals surface area contributed by atoms with Gasteiger partial charge in [-0.2, -0.15) is 0 Å². The molecule has 28 heavy (non-hydrogen) atoms. The SMILES string of the molecule is O=C(NCCNC(=O)c1cccc(Br)c1)NC1CCCN(c2ncccn2)C1. The number of urea groups is 1. The number of nitrogens with one attached hydrogen (secondary N) is 3. The fourth-order valence-corrected chi connectivity index (χ4v) is 3.45. The standard InChI is InChI=1S/C19H23BrN6O2/c20-15-5-1-4-14(12-15)17(27)21-9-10-24-19(28)25-16-6-2-11-26(13-16)18-22-7-3-8-23-18/h1,3-5,7-8,12,16H,2,6,9-11,13H2,(H,21,27)(H2,24,25,28). The zero-order chi connectivity index (χ0) is 19.8. The molecule has 3 amide bonds. The van der Waals surface area contributed by atoms with E-state index in [0.29, 0.717) is 31.1 Å². The number of anilines is 1. The van der Waals surface area contributed by atoms with Crippen LogP contribution in [0.2, 0.25) is 0 Å². The van der Waals surface area contributed by atoms with Gasteiger partial charge < -0.3 is 20.9 Å². The van der Waals surface area contributed by atoms with Gasteiger partial charge in [-0.1, -0.05) is 22.0 Å². The third-order valence-electron chi connectivity index (χ3n) is 4.37. The van der Waals surface area contributed by atoms with Crippen molar-refractivity contribution >= 4 is 33.8 Å². The minimum absolute atomic E-state index is 0.0359. The summed E-state index contributed by atoms with van der Waals surface area (Å²) >= 11 is 3.34. The average molecular weight is 447 g/mol. The maximum Gasteiger partial charge on any atom is 0.315 e. The van der Waals surface area contributed by atoms with Crippen LogP contribution in [0.4, 0.5) is 10.7 Å². The molecule has 1 saturated heterocycles. The number of hydrogen-bond donors (Lipinski definition) is 3. The molecule has 1 aliphatic rings. The molecule has 1 aromatic heterocycles. The molecule has 8 nitrogen and oxygen atoms in total. The van der Waals surface area contributed by atoms with Crippen molar-refractivity contribution in [1.29, 1.82) is 0 Å². The highest BCUT2D eigenvalue weighted by Gasteiger charge is 2.22. The van der Waals surface area contributed by atoms with Gasteiger partial charge in [0.1, 0.15) is 0 Å². The van der Waals surface area contributed by atoms with Crippen LogP contribution in [0, 0.1) is 0 Å². The van der Waals surface area contributed by atoms with E-state index in [4.69, 9.17) is 0 Å². The van der Waals surface area contributed by atoms with Gasteiger partial charge in [0.25, 0.3) is 5.91 Å². The lowest BCUT2D eigenvalue weighted by Crippen LogP contribution is -2.51. The number of carbonyl (C=O) groups is 2. The van der Waals surface area contributed by atoms with Crippen molar-refractivity contribution in [3.63, 3.8) is 0 Å². The Morgan fingerprint density at radius 2 is 1.93 bits per heavy atom. The van der Waals surface area contributed by atoms with Crippen LogP contribution in [-0.4, -0.2) is 54.1 Å². The summed E-state index contributed by atoms with van der Waals surface area (Å²) in [6.45, 7) is 2.26. The van der Waals surface area contributed by atoms with Gasteiger partial charge in [0.05, 0.1) is 0 Å². The molecule has 0 saturated carbocycles. The molecule has 0 spiro atoms. The molecule has 1 aromatic carbocycles. The van der Waals surface area contributed by atoms with Crippen LogP contribution in [-0.2, 0) is 0 Å². The van der Waals surface area contributed by atoms with Crippen molar-refractivity contribution in [3.8, 4) is 0 Å². The summed E-state index contributed by atoms with van der Waals surface area (Å²) < 4.78 is 0.847. The number of piperidine rings is 1.